The van der Waals surface area contributed by atoms with Crippen LogP contribution in [0, 0.1) is 6.92 Å². The molecular formula is C18H29N3O2. The van der Waals surface area contributed by atoms with Crippen molar-refractivity contribution in [1.82, 2.24) is 14.7 Å². The number of rotatable bonds is 6. The van der Waals surface area contributed by atoms with Crippen LogP contribution in [0.15, 0.2) is 24.3 Å². The van der Waals surface area contributed by atoms with Gasteiger partial charge >= 0.3 is 0 Å². The van der Waals surface area contributed by atoms with Gasteiger partial charge in [0.1, 0.15) is 0 Å². The Bertz CT molecular complexity index is 495. The van der Waals surface area contributed by atoms with E-state index in [9.17, 15) is 9.90 Å². The van der Waals surface area contributed by atoms with Crippen molar-refractivity contribution in [2.45, 2.75) is 19.4 Å². The van der Waals surface area contributed by atoms with E-state index >= 15 is 0 Å². The molecule has 128 valence electrons. The fourth-order valence-electron chi connectivity index (χ4n) is 2.82. The van der Waals surface area contributed by atoms with Gasteiger partial charge in [-0.1, -0.05) is 29.8 Å². The highest BCUT2D eigenvalue weighted by molar-refractivity contribution is 5.78. The maximum Gasteiger partial charge on any atom is 0.226 e. The molecule has 0 spiro atoms. The Morgan fingerprint density at radius 2 is 1.83 bits per heavy atom. The first kappa shape index (κ1) is 17.9. The molecule has 5 nitrogen and oxygen atoms in total. The van der Waals surface area contributed by atoms with Crippen molar-refractivity contribution >= 4 is 5.91 Å². The molecule has 1 saturated heterocycles. The number of aryl methyl sites for hydroxylation is 1. The maximum absolute atomic E-state index is 12.3. The van der Waals surface area contributed by atoms with Crippen molar-refractivity contribution in [3.05, 3.63) is 35.4 Å². The minimum Gasteiger partial charge on any atom is -0.390 e. The van der Waals surface area contributed by atoms with Gasteiger partial charge in [0.25, 0.3) is 0 Å². The van der Waals surface area contributed by atoms with Gasteiger partial charge < -0.3 is 14.9 Å². The summed E-state index contributed by atoms with van der Waals surface area (Å²) in [5, 5.41) is 10.2. The predicted molar refractivity (Wildman–Crippen MR) is 92.5 cm³/mol. The first-order chi connectivity index (χ1) is 10.9. The summed E-state index contributed by atoms with van der Waals surface area (Å²) < 4.78 is 0. The number of amides is 1. The fourth-order valence-corrected chi connectivity index (χ4v) is 2.82. The molecule has 1 aromatic rings. The van der Waals surface area contributed by atoms with E-state index in [4.69, 9.17) is 0 Å². The topological polar surface area (TPSA) is 47.0 Å². The van der Waals surface area contributed by atoms with E-state index in [-0.39, 0.29) is 5.91 Å². The zero-order valence-corrected chi connectivity index (χ0v) is 14.5. The minimum atomic E-state index is -0.495. The smallest absolute Gasteiger partial charge is 0.226 e. The Morgan fingerprint density at radius 1 is 1.22 bits per heavy atom. The van der Waals surface area contributed by atoms with Crippen LogP contribution in [0.3, 0.4) is 0 Å². The van der Waals surface area contributed by atoms with Gasteiger partial charge in [-0.25, -0.2) is 0 Å². The zero-order valence-electron chi connectivity index (χ0n) is 14.5. The van der Waals surface area contributed by atoms with Gasteiger partial charge in [0, 0.05) is 46.3 Å². The van der Waals surface area contributed by atoms with Gasteiger partial charge in [0.05, 0.1) is 12.5 Å². The molecule has 1 aromatic carbocycles. The molecule has 1 fully saturated rings. The number of piperazine rings is 1. The third-order valence-corrected chi connectivity index (χ3v) is 4.45. The Morgan fingerprint density at radius 3 is 2.43 bits per heavy atom. The number of β-amino-alcohol motifs (C(OH)–C–C–N with tert-alkyl or cyclic N) is 1. The average molecular weight is 319 g/mol. The SMILES string of the molecule is Cc1ccc(CC(=O)N(C)CC(O)CN2CCN(C)CC2)cc1. The van der Waals surface area contributed by atoms with Gasteiger partial charge in [-0.2, -0.15) is 0 Å². The second kappa shape index (κ2) is 8.43. The molecule has 0 bridgehead atoms. The van der Waals surface area contributed by atoms with Crippen LogP contribution >= 0.6 is 0 Å². The molecule has 0 saturated carbocycles. The van der Waals surface area contributed by atoms with E-state index in [2.05, 4.69) is 16.8 Å². The molecule has 0 radical (unpaired) electrons. The first-order valence-corrected chi connectivity index (χ1v) is 8.32. The van der Waals surface area contributed by atoms with Crippen LogP contribution in [0.1, 0.15) is 11.1 Å². The van der Waals surface area contributed by atoms with E-state index < -0.39 is 6.10 Å². The van der Waals surface area contributed by atoms with Crippen LogP contribution in [0.25, 0.3) is 0 Å². The Kier molecular flexibility index (Phi) is 6.57. The molecule has 1 N–H and O–H groups in total. The van der Waals surface area contributed by atoms with Crippen LogP contribution in [0.4, 0.5) is 0 Å². The number of carbonyl (C=O) groups excluding carboxylic acids is 1. The van der Waals surface area contributed by atoms with Gasteiger partial charge in [0.2, 0.25) is 5.91 Å². The lowest BCUT2D eigenvalue weighted by molar-refractivity contribution is -0.130. The lowest BCUT2D eigenvalue weighted by atomic mass is 10.1. The van der Waals surface area contributed by atoms with E-state index in [0.29, 0.717) is 19.5 Å². The average Bonchev–Trinajstić information content (AvgIpc) is 2.51. The molecule has 1 unspecified atom stereocenters. The van der Waals surface area contributed by atoms with Gasteiger partial charge in [-0.05, 0) is 19.5 Å². The molecule has 5 heteroatoms. The molecule has 2 rings (SSSR count). The number of carbonyl (C=O) groups is 1. The van der Waals surface area contributed by atoms with E-state index in [1.807, 2.05) is 31.2 Å². The summed E-state index contributed by atoms with van der Waals surface area (Å²) in [6.07, 6.45) is -0.108. The molecule has 1 aliphatic rings. The normalized spacial score (nSPS) is 17.9. The van der Waals surface area contributed by atoms with E-state index in [1.165, 1.54) is 5.56 Å². The lowest BCUT2D eigenvalue weighted by Gasteiger charge is -2.34. The summed E-state index contributed by atoms with van der Waals surface area (Å²) in [6, 6.07) is 8.01. The number of aliphatic hydroxyl groups is 1. The largest absolute Gasteiger partial charge is 0.390 e. The van der Waals surface area contributed by atoms with Crippen LogP contribution < -0.4 is 0 Å². The Labute approximate surface area is 139 Å². The van der Waals surface area contributed by atoms with E-state index in [1.54, 1.807) is 11.9 Å². The van der Waals surface area contributed by atoms with Crippen molar-refractivity contribution in [3.8, 4) is 0 Å². The monoisotopic (exact) mass is 319 g/mol. The number of likely N-dealkylation sites (N-methyl/N-ethyl adjacent to an activating group) is 2. The summed E-state index contributed by atoms with van der Waals surface area (Å²) >= 11 is 0. The molecular weight excluding hydrogens is 290 g/mol. The molecule has 0 aliphatic carbocycles. The molecule has 1 atom stereocenters. The lowest BCUT2D eigenvalue weighted by Crippen LogP contribution is -2.49. The number of hydrogen-bond donors (Lipinski definition) is 1. The summed E-state index contributed by atoms with van der Waals surface area (Å²) in [7, 11) is 3.88. The number of benzene rings is 1. The van der Waals surface area contributed by atoms with Crippen LogP contribution in [0.5, 0.6) is 0 Å². The summed E-state index contributed by atoms with van der Waals surface area (Å²) in [5.41, 5.74) is 2.21. The Hall–Kier alpha value is -1.43. The predicted octanol–water partition coefficient (Wildman–Crippen LogP) is 0.604. The second-order valence-corrected chi connectivity index (χ2v) is 6.69. The Balaban J connectivity index is 1.75. The quantitative estimate of drug-likeness (QED) is 0.834. The highest BCUT2D eigenvalue weighted by Crippen LogP contribution is 2.06. The maximum atomic E-state index is 12.3. The van der Waals surface area contributed by atoms with Crippen molar-refractivity contribution in [3.63, 3.8) is 0 Å². The second-order valence-electron chi connectivity index (χ2n) is 6.69. The molecule has 0 aromatic heterocycles. The van der Waals surface area contributed by atoms with Crippen LogP contribution in [0.2, 0.25) is 0 Å². The summed E-state index contributed by atoms with van der Waals surface area (Å²) in [6.45, 7) is 7.09. The van der Waals surface area contributed by atoms with Crippen molar-refractivity contribution < 1.29 is 9.90 Å². The van der Waals surface area contributed by atoms with Crippen molar-refractivity contribution in [2.24, 2.45) is 0 Å². The van der Waals surface area contributed by atoms with Crippen LogP contribution in [-0.4, -0.2) is 85.2 Å². The van der Waals surface area contributed by atoms with Crippen molar-refractivity contribution in [2.75, 3.05) is 53.4 Å². The standard InChI is InChI=1S/C18H29N3O2/c1-15-4-6-16(7-5-15)12-18(23)20(3)13-17(22)14-21-10-8-19(2)9-11-21/h4-7,17,22H,8-14H2,1-3H3. The highest BCUT2D eigenvalue weighted by atomic mass is 16.3. The molecule has 1 amide bonds. The third kappa shape index (κ3) is 5.94. The van der Waals surface area contributed by atoms with Gasteiger partial charge in [-0.3, -0.25) is 9.69 Å². The molecule has 1 heterocycles. The highest BCUT2D eigenvalue weighted by Gasteiger charge is 2.19. The fraction of sp³-hybridized carbons (Fsp3) is 0.611. The van der Waals surface area contributed by atoms with Crippen molar-refractivity contribution in [1.29, 1.82) is 0 Å². The third-order valence-electron chi connectivity index (χ3n) is 4.45. The zero-order chi connectivity index (χ0) is 16.8. The summed E-state index contributed by atoms with van der Waals surface area (Å²) in [5.74, 6) is 0.0475. The molecule has 1 aliphatic heterocycles. The number of hydrogen-bond acceptors (Lipinski definition) is 4. The minimum absolute atomic E-state index is 0.0475. The van der Waals surface area contributed by atoms with Gasteiger partial charge in [0.15, 0.2) is 0 Å². The number of nitrogens with zero attached hydrogens (tertiary/aromatic N) is 3. The van der Waals surface area contributed by atoms with E-state index in [0.717, 1.165) is 31.7 Å². The summed E-state index contributed by atoms with van der Waals surface area (Å²) in [4.78, 5) is 18.5. The van der Waals surface area contributed by atoms with Crippen LogP contribution in [-0.2, 0) is 11.2 Å². The first-order valence-electron chi connectivity index (χ1n) is 8.32. The van der Waals surface area contributed by atoms with Gasteiger partial charge in [-0.15, -0.1) is 0 Å². The molecule has 23 heavy (non-hydrogen) atoms. The number of aliphatic hydroxyl groups excluding tert-OH is 1.